The third kappa shape index (κ3) is 1.61. The zero-order chi connectivity index (χ0) is 13.7. The van der Waals surface area contributed by atoms with Crippen molar-refractivity contribution in [1.82, 2.24) is 0 Å². The molecule has 0 aliphatic carbocycles. The lowest BCUT2D eigenvalue weighted by Crippen LogP contribution is -2.58. The number of rotatable bonds is 2. The highest BCUT2D eigenvalue weighted by atomic mass is 16.8. The van der Waals surface area contributed by atoms with Gasteiger partial charge in [-0.15, -0.1) is 0 Å². The van der Waals surface area contributed by atoms with Gasteiger partial charge in [-0.05, 0) is 0 Å². The summed E-state index contributed by atoms with van der Waals surface area (Å²) >= 11 is 0. The number of fused-ring (bicyclic) bond motifs is 3. The predicted octanol–water partition coefficient (Wildman–Crippen LogP) is 0.871. The zero-order valence-electron chi connectivity index (χ0n) is 10.5. The monoisotopic (exact) mass is 279 g/mol. The molecule has 0 saturated carbocycles. The standard InChI is InChI=1S/C13H13NO6/c15-14(16)13-10(20-13)7-17-9-6-18-12(19-11(9)13)8-4-2-1-3-5-8/h1-5,9-12H,6-7H2/t9-,10+,11-,12-,13+/m1/s1. The van der Waals surface area contributed by atoms with Crippen LogP contribution in [0.15, 0.2) is 30.3 Å². The molecular weight excluding hydrogens is 266 g/mol. The summed E-state index contributed by atoms with van der Waals surface area (Å²) in [5.74, 6) is 0. The number of nitrogens with zero attached hydrogens (tertiary/aromatic N) is 1. The van der Waals surface area contributed by atoms with Crippen LogP contribution in [0.5, 0.6) is 0 Å². The quantitative estimate of drug-likeness (QED) is 0.454. The minimum atomic E-state index is -1.46. The maximum atomic E-state index is 11.3. The van der Waals surface area contributed by atoms with Crippen molar-refractivity contribution in [3.63, 3.8) is 0 Å². The van der Waals surface area contributed by atoms with Gasteiger partial charge in [0.25, 0.3) is 0 Å². The first-order valence-corrected chi connectivity index (χ1v) is 6.48. The Morgan fingerprint density at radius 3 is 2.75 bits per heavy atom. The Balaban J connectivity index is 1.61. The van der Waals surface area contributed by atoms with Gasteiger partial charge in [-0.1, -0.05) is 30.3 Å². The van der Waals surface area contributed by atoms with Gasteiger partial charge in [0.1, 0.15) is 6.10 Å². The van der Waals surface area contributed by atoms with Crippen LogP contribution in [0.4, 0.5) is 0 Å². The van der Waals surface area contributed by atoms with E-state index in [2.05, 4.69) is 0 Å². The lowest BCUT2D eigenvalue weighted by atomic mass is 9.99. The van der Waals surface area contributed by atoms with Gasteiger partial charge >= 0.3 is 5.72 Å². The molecule has 3 heterocycles. The molecule has 0 N–H and O–H groups in total. The first-order valence-electron chi connectivity index (χ1n) is 6.48. The van der Waals surface area contributed by atoms with Crippen LogP contribution in [0.1, 0.15) is 11.9 Å². The first kappa shape index (κ1) is 12.2. The first-order chi connectivity index (χ1) is 9.72. The van der Waals surface area contributed by atoms with Crippen LogP contribution in [0, 0.1) is 10.1 Å². The van der Waals surface area contributed by atoms with Crippen molar-refractivity contribution in [3.8, 4) is 0 Å². The van der Waals surface area contributed by atoms with E-state index in [1.807, 2.05) is 30.3 Å². The van der Waals surface area contributed by atoms with Crippen LogP contribution < -0.4 is 0 Å². The lowest BCUT2D eigenvalue weighted by molar-refractivity contribution is -0.589. The summed E-state index contributed by atoms with van der Waals surface area (Å²) in [6.45, 7) is 0.473. The molecule has 5 atom stereocenters. The normalized spacial score (nSPS) is 42.4. The predicted molar refractivity (Wildman–Crippen MR) is 64.3 cm³/mol. The molecule has 0 unspecified atom stereocenters. The summed E-state index contributed by atoms with van der Waals surface area (Å²) in [5, 5.41) is 11.3. The molecule has 1 aromatic carbocycles. The van der Waals surface area contributed by atoms with E-state index in [0.29, 0.717) is 0 Å². The second-order valence-corrected chi connectivity index (χ2v) is 5.12. The number of benzene rings is 1. The average Bonchev–Trinajstić information content (AvgIpc) is 3.24. The minimum Gasteiger partial charge on any atom is -0.370 e. The molecule has 106 valence electrons. The van der Waals surface area contributed by atoms with E-state index in [0.717, 1.165) is 5.56 Å². The molecule has 0 radical (unpaired) electrons. The Morgan fingerprint density at radius 2 is 2.00 bits per heavy atom. The van der Waals surface area contributed by atoms with Crippen LogP contribution in [-0.2, 0) is 18.9 Å². The molecule has 20 heavy (non-hydrogen) atoms. The van der Waals surface area contributed by atoms with E-state index in [9.17, 15) is 10.1 Å². The molecule has 0 spiro atoms. The van der Waals surface area contributed by atoms with Crippen LogP contribution >= 0.6 is 0 Å². The molecule has 3 aliphatic rings. The van der Waals surface area contributed by atoms with Gasteiger partial charge in [0.2, 0.25) is 0 Å². The Labute approximate surface area is 114 Å². The van der Waals surface area contributed by atoms with Gasteiger partial charge in [0, 0.05) is 5.56 Å². The van der Waals surface area contributed by atoms with Crippen molar-refractivity contribution in [2.24, 2.45) is 0 Å². The largest absolute Gasteiger partial charge is 0.383 e. The number of ether oxygens (including phenoxy) is 4. The summed E-state index contributed by atoms with van der Waals surface area (Å²) in [7, 11) is 0. The van der Waals surface area contributed by atoms with Crippen molar-refractivity contribution >= 4 is 0 Å². The molecule has 3 fully saturated rings. The van der Waals surface area contributed by atoms with Gasteiger partial charge in [-0.3, -0.25) is 14.9 Å². The SMILES string of the molecule is O=[N+]([O-])[C@]12O[C@H]1CO[C@@H]1CO[C@@H](c3ccccc3)O[C@H]12. The van der Waals surface area contributed by atoms with E-state index in [1.54, 1.807) is 0 Å². The van der Waals surface area contributed by atoms with Crippen LogP contribution in [0.2, 0.25) is 0 Å². The summed E-state index contributed by atoms with van der Waals surface area (Å²) in [6, 6.07) is 9.34. The van der Waals surface area contributed by atoms with Gasteiger partial charge < -0.3 is 14.2 Å². The third-order valence-corrected chi connectivity index (χ3v) is 3.98. The van der Waals surface area contributed by atoms with E-state index in [4.69, 9.17) is 18.9 Å². The second kappa shape index (κ2) is 4.23. The second-order valence-electron chi connectivity index (χ2n) is 5.12. The topological polar surface area (TPSA) is 83.4 Å². The summed E-state index contributed by atoms with van der Waals surface area (Å²) in [6.07, 6.45) is -2.34. The highest BCUT2D eigenvalue weighted by molar-refractivity contribution is 5.17. The van der Waals surface area contributed by atoms with E-state index < -0.39 is 35.3 Å². The average molecular weight is 279 g/mol. The van der Waals surface area contributed by atoms with Crippen LogP contribution in [0.25, 0.3) is 0 Å². The molecule has 0 aromatic heterocycles. The number of epoxide rings is 1. The fourth-order valence-electron chi connectivity index (χ4n) is 2.89. The van der Waals surface area contributed by atoms with Crippen molar-refractivity contribution in [1.29, 1.82) is 0 Å². The van der Waals surface area contributed by atoms with Gasteiger partial charge in [-0.25, -0.2) is 0 Å². The van der Waals surface area contributed by atoms with Gasteiger partial charge in [0.15, 0.2) is 18.5 Å². The number of nitro groups is 1. The van der Waals surface area contributed by atoms with Gasteiger partial charge in [-0.2, -0.15) is 0 Å². The third-order valence-electron chi connectivity index (χ3n) is 3.98. The Morgan fingerprint density at radius 1 is 1.20 bits per heavy atom. The van der Waals surface area contributed by atoms with Gasteiger partial charge in [0.05, 0.1) is 18.1 Å². The van der Waals surface area contributed by atoms with Crippen molar-refractivity contribution < 1.29 is 23.9 Å². The van der Waals surface area contributed by atoms with Crippen molar-refractivity contribution in [2.45, 2.75) is 30.3 Å². The zero-order valence-corrected chi connectivity index (χ0v) is 10.5. The summed E-state index contributed by atoms with van der Waals surface area (Å²) < 4.78 is 22.2. The van der Waals surface area contributed by atoms with E-state index in [-0.39, 0.29) is 13.2 Å². The Kier molecular flexibility index (Phi) is 2.58. The number of hydrogen-bond donors (Lipinski definition) is 0. The highest BCUT2D eigenvalue weighted by Crippen LogP contribution is 2.49. The summed E-state index contributed by atoms with van der Waals surface area (Å²) in [5.41, 5.74) is -0.632. The molecule has 1 aromatic rings. The summed E-state index contributed by atoms with van der Waals surface area (Å²) in [4.78, 5) is 10.9. The molecule has 0 bridgehead atoms. The maximum absolute atomic E-state index is 11.3. The molecule has 7 heteroatoms. The molecule has 3 aliphatic heterocycles. The fourth-order valence-corrected chi connectivity index (χ4v) is 2.89. The highest BCUT2D eigenvalue weighted by Gasteiger charge is 2.79. The molecule has 4 rings (SSSR count). The van der Waals surface area contributed by atoms with Crippen LogP contribution in [-0.4, -0.2) is 42.2 Å². The molecule has 3 saturated heterocycles. The lowest BCUT2D eigenvalue weighted by Gasteiger charge is -2.38. The Hall–Kier alpha value is -1.54. The number of hydrogen-bond acceptors (Lipinski definition) is 6. The maximum Gasteiger partial charge on any atom is 0.383 e. The van der Waals surface area contributed by atoms with Crippen molar-refractivity contribution in [3.05, 3.63) is 46.0 Å². The molecule has 0 amide bonds. The van der Waals surface area contributed by atoms with E-state index >= 15 is 0 Å². The fraction of sp³-hybridized carbons (Fsp3) is 0.538. The molecule has 7 nitrogen and oxygen atoms in total. The minimum absolute atomic E-state index is 0.213. The van der Waals surface area contributed by atoms with E-state index in [1.165, 1.54) is 0 Å². The van der Waals surface area contributed by atoms with Crippen molar-refractivity contribution in [2.75, 3.05) is 13.2 Å². The Bertz CT molecular complexity index is 537. The molecular formula is C13H13NO6. The van der Waals surface area contributed by atoms with Crippen LogP contribution in [0.3, 0.4) is 0 Å². The smallest absolute Gasteiger partial charge is 0.370 e.